The van der Waals surface area contributed by atoms with Crippen molar-refractivity contribution in [2.45, 2.75) is 38.4 Å². The average molecular weight is 216 g/mol. The summed E-state index contributed by atoms with van der Waals surface area (Å²) in [5, 5.41) is 0. The highest BCUT2D eigenvalue weighted by Gasteiger charge is 2.43. The normalized spacial score (nSPS) is 28.8. The SMILES string of the molecule is NCc1ccccc1CN1CCCC2CC21. The molecule has 2 fully saturated rings. The molecule has 86 valence electrons. The van der Waals surface area contributed by atoms with Gasteiger partial charge in [0.15, 0.2) is 0 Å². The summed E-state index contributed by atoms with van der Waals surface area (Å²) in [5.41, 5.74) is 8.52. The Morgan fingerprint density at radius 3 is 2.88 bits per heavy atom. The van der Waals surface area contributed by atoms with Crippen LogP contribution < -0.4 is 5.73 Å². The fourth-order valence-electron chi connectivity index (χ4n) is 3.04. The van der Waals surface area contributed by atoms with Gasteiger partial charge in [-0.2, -0.15) is 0 Å². The van der Waals surface area contributed by atoms with E-state index in [4.69, 9.17) is 5.73 Å². The Hall–Kier alpha value is -0.860. The number of hydrogen-bond acceptors (Lipinski definition) is 2. The lowest BCUT2D eigenvalue weighted by molar-refractivity contribution is 0.206. The van der Waals surface area contributed by atoms with Crippen LogP contribution in [0.15, 0.2) is 24.3 Å². The quantitative estimate of drug-likeness (QED) is 0.838. The van der Waals surface area contributed by atoms with E-state index < -0.39 is 0 Å². The number of rotatable bonds is 3. The minimum Gasteiger partial charge on any atom is -0.326 e. The maximum absolute atomic E-state index is 5.78. The summed E-state index contributed by atoms with van der Waals surface area (Å²) in [7, 11) is 0. The van der Waals surface area contributed by atoms with Crippen molar-refractivity contribution in [1.82, 2.24) is 4.90 Å². The maximum Gasteiger partial charge on any atom is 0.0240 e. The van der Waals surface area contributed by atoms with Crippen molar-refractivity contribution in [2.75, 3.05) is 6.54 Å². The van der Waals surface area contributed by atoms with Gasteiger partial charge in [0.05, 0.1) is 0 Å². The second kappa shape index (κ2) is 4.19. The van der Waals surface area contributed by atoms with E-state index in [0.29, 0.717) is 6.54 Å². The molecule has 2 heteroatoms. The van der Waals surface area contributed by atoms with Crippen LogP contribution >= 0.6 is 0 Å². The molecule has 0 spiro atoms. The van der Waals surface area contributed by atoms with Gasteiger partial charge in [0.1, 0.15) is 0 Å². The zero-order chi connectivity index (χ0) is 11.0. The molecule has 1 aliphatic carbocycles. The van der Waals surface area contributed by atoms with Gasteiger partial charge in [-0.3, -0.25) is 4.90 Å². The molecule has 1 saturated carbocycles. The van der Waals surface area contributed by atoms with E-state index in [2.05, 4.69) is 29.2 Å². The Morgan fingerprint density at radius 1 is 1.25 bits per heavy atom. The first-order chi connectivity index (χ1) is 7.88. The van der Waals surface area contributed by atoms with E-state index in [-0.39, 0.29) is 0 Å². The molecule has 1 saturated heterocycles. The third kappa shape index (κ3) is 1.87. The first kappa shape index (κ1) is 10.3. The number of fused-ring (bicyclic) bond motifs is 1. The van der Waals surface area contributed by atoms with Crippen LogP contribution in [-0.2, 0) is 13.1 Å². The molecule has 2 N–H and O–H groups in total. The number of benzene rings is 1. The topological polar surface area (TPSA) is 29.3 Å². The Bertz CT molecular complexity index is 375. The fraction of sp³-hybridized carbons (Fsp3) is 0.571. The molecule has 0 aromatic heterocycles. The van der Waals surface area contributed by atoms with Crippen LogP contribution in [0.5, 0.6) is 0 Å². The molecule has 0 amide bonds. The number of likely N-dealkylation sites (tertiary alicyclic amines) is 1. The van der Waals surface area contributed by atoms with Crippen LogP contribution in [0.4, 0.5) is 0 Å². The lowest BCUT2D eigenvalue weighted by atomic mass is 10.1. The summed E-state index contributed by atoms with van der Waals surface area (Å²) in [6.45, 7) is 3.05. The molecule has 0 bridgehead atoms. The van der Waals surface area contributed by atoms with Crippen molar-refractivity contribution >= 4 is 0 Å². The highest BCUT2D eigenvalue weighted by Crippen LogP contribution is 2.43. The van der Waals surface area contributed by atoms with Gasteiger partial charge in [-0.25, -0.2) is 0 Å². The van der Waals surface area contributed by atoms with Crippen LogP contribution in [0.2, 0.25) is 0 Å². The summed E-state index contributed by atoms with van der Waals surface area (Å²) in [4.78, 5) is 2.66. The molecule has 0 radical (unpaired) electrons. The molecule has 16 heavy (non-hydrogen) atoms. The predicted octanol–water partition coefficient (Wildman–Crippen LogP) is 2.13. The van der Waals surface area contributed by atoms with E-state index in [1.165, 1.54) is 36.9 Å². The minimum absolute atomic E-state index is 0.665. The van der Waals surface area contributed by atoms with Crippen molar-refractivity contribution in [2.24, 2.45) is 11.7 Å². The van der Waals surface area contributed by atoms with Gasteiger partial charge < -0.3 is 5.73 Å². The summed E-state index contributed by atoms with van der Waals surface area (Å²) < 4.78 is 0. The third-order valence-corrected chi connectivity index (χ3v) is 4.09. The summed E-state index contributed by atoms with van der Waals surface area (Å²) in [6.07, 6.45) is 4.27. The molecule has 3 rings (SSSR count). The van der Waals surface area contributed by atoms with Crippen molar-refractivity contribution in [1.29, 1.82) is 0 Å². The molecule has 2 aliphatic rings. The molecule has 2 unspecified atom stereocenters. The van der Waals surface area contributed by atoms with E-state index >= 15 is 0 Å². The maximum atomic E-state index is 5.78. The standard InChI is InChI=1S/C14H20N2/c15-9-12-4-1-2-5-13(12)10-16-7-3-6-11-8-14(11)16/h1-2,4-5,11,14H,3,6-10,15H2. The largest absolute Gasteiger partial charge is 0.326 e. The van der Waals surface area contributed by atoms with Gasteiger partial charge >= 0.3 is 0 Å². The fourth-order valence-corrected chi connectivity index (χ4v) is 3.04. The minimum atomic E-state index is 0.665. The van der Waals surface area contributed by atoms with Crippen LogP contribution in [0.25, 0.3) is 0 Å². The number of nitrogens with zero attached hydrogens (tertiary/aromatic N) is 1. The lowest BCUT2D eigenvalue weighted by Crippen LogP contribution is -2.31. The van der Waals surface area contributed by atoms with E-state index in [9.17, 15) is 0 Å². The first-order valence-electron chi connectivity index (χ1n) is 6.39. The van der Waals surface area contributed by atoms with Crippen molar-refractivity contribution in [3.63, 3.8) is 0 Å². The molecule has 2 atom stereocenters. The Labute approximate surface area is 97.4 Å². The van der Waals surface area contributed by atoms with Crippen LogP contribution in [0.3, 0.4) is 0 Å². The van der Waals surface area contributed by atoms with Crippen LogP contribution in [-0.4, -0.2) is 17.5 Å². The summed E-state index contributed by atoms with van der Waals surface area (Å²) in [5.74, 6) is 1.01. The zero-order valence-electron chi connectivity index (χ0n) is 9.73. The molecule has 1 aromatic carbocycles. The van der Waals surface area contributed by atoms with Gasteiger partial charge in [-0.15, -0.1) is 0 Å². The third-order valence-electron chi connectivity index (χ3n) is 4.09. The van der Waals surface area contributed by atoms with Crippen molar-refractivity contribution in [3.05, 3.63) is 35.4 Å². The van der Waals surface area contributed by atoms with Gasteiger partial charge in [0.2, 0.25) is 0 Å². The molecular weight excluding hydrogens is 196 g/mol. The lowest BCUT2D eigenvalue weighted by Gasteiger charge is -2.27. The van der Waals surface area contributed by atoms with Gasteiger partial charge in [-0.05, 0) is 42.9 Å². The van der Waals surface area contributed by atoms with Crippen LogP contribution in [0, 0.1) is 5.92 Å². The highest BCUT2D eigenvalue weighted by atomic mass is 15.2. The Kier molecular flexibility index (Phi) is 2.70. The average Bonchev–Trinajstić information content (AvgIpc) is 3.10. The van der Waals surface area contributed by atoms with Gasteiger partial charge in [0.25, 0.3) is 0 Å². The van der Waals surface area contributed by atoms with Crippen molar-refractivity contribution < 1.29 is 0 Å². The molecule has 1 aromatic rings. The highest BCUT2D eigenvalue weighted by molar-refractivity contribution is 5.27. The number of piperidine rings is 1. The number of nitrogens with two attached hydrogens (primary N) is 1. The van der Waals surface area contributed by atoms with Crippen molar-refractivity contribution in [3.8, 4) is 0 Å². The molecule has 1 heterocycles. The second-order valence-electron chi connectivity index (χ2n) is 5.15. The summed E-state index contributed by atoms with van der Waals surface area (Å²) in [6, 6.07) is 9.49. The first-order valence-corrected chi connectivity index (χ1v) is 6.39. The monoisotopic (exact) mass is 216 g/mol. The van der Waals surface area contributed by atoms with E-state index in [1.54, 1.807) is 0 Å². The smallest absolute Gasteiger partial charge is 0.0240 e. The number of hydrogen-bond donors (Lipinski definition) is 1. The Morgan fingerprint density at radius 2 is 2.06 bits per heavy atom. The molecular formula is C14H20N2. The predicted molar refractivity (Wildman–Crippen MR) is 65.9 cm³/mol. The van der Waals surface area contributed by atoms with E-state index in [1.807, 2.05) is 0 Å². The summed E-state index contributed by atoms with van der Waals surface area (Å²) >= 11 is 0. The van der Waals surface area contributed by atoms with E-state index in [0.717, 1.165) is 18.5 Å². The van der Waals surface area contributed by atoms with Crippen LogP contribution in [0.1, 0.15) is 30.4 Å². The zero-order valence-corrected chi connectivity index (χ0v) is 9.73. The van der Waals surface area contributed by atoms with Gasteiger partial charge in [-0.1, -0.05) is 24.3 Å². The van der Waals surface area contributed by atoms with Gasteiger partial charge in [0, 0.05) is 19.1 Å². The Balaban J connectivity index is 1.73. The molecule has 1 aliphatic heterocycles. The second-order valence-corrected chi connectivity index (χ2v) is 5.15. The molecule has 2 nitrogen and oxygen atoms in total.